The van der Waals surface area contributed by atoms with Gasteiger partial charge in [0, 0.05) is 20.3 Å². The van der Waals surface area contributed by atoms with Gasteiger partial charge in [-0.15, -0.1) is 0 Å². The molecule has 6 heteroatoms. The molecule has 0 saturated heterocycles. The van der Waals surface area contributed by atoms with E-state index in [1.807, 2.05) is 0 Å². The van der Waals surface area contributed by atoms with E-state index < -0.39 is 11.2 Å². The van der Waals surface area contributed by atoms with Gasteiger partial charge in [0.15, 0.2) is 0 Å². The molecule has 6 nitrogen and oxygen atoms in total. The number of hydrogen-bond acceptors (Lipinski definition) is 6. The van der Waals surface area contributed by atoms with Crippen LogP contribution in [-0.4, -0.2) is 46.1 Å². The number of fused-ring (bicyclic) bond motifs is 5. The molecule has 0 radical (unpaired) electrons. The molecule has 0 aromatic carbocycles. The quantitative estimate of drug-likeness (QED) is 0.421. The lowest BCUT2D eigenvalue weighted by Gasteiger charge is -2.66. The summed E-state index contributed by atoms with van der Waals surface area (Å²) >= 11 is 0. The largest absolute Gasteiger partial charge is 0.466 e. The third-order valence-electron chi connectivity index (χ3n) is 11.1. The molecule has 0 aromatic rings. The van der Waals surface area contributed by atoms with Gasteiger partial charge in [-0.1, -0.05) is 20.8 Å². The highest BCUT2D eigenvalue weighted by atomic mass is 16.5. The highest BCUT2D eigenvalue weighted by Gasteiger charge is 2.70. The fourth-order valence-electron chi connectivity index (χ4n) is 9.29. The van der Waals surface area contributed by atoms with Gasteiger partial charge in [-0.05, 0) is 98.7 Å². The summed E-state index contributed by atoms with van der Waals surface area (Å²) in [5.41, 5.74) is -1.90. The van der Waals surface area contributed by atoms with Crippen LogP contribution in [0.2, 0.25) is 0 Å². The van der Waals surface area contributed by atoms with Gasteiger partial charge in [0.05, 0.1) is 17.8 Å². The predicted molar refractivity (Wildman–Crippen MR) is 129 cm³/mol. The summed E-state index contributed by atoms with van der Waals surface area (Å²) in [6.07, 6.45) is 9.24. The third-order valence-corrected chi connectivity index (χ3v) is 11.1. The molecule has 0 spiro atoms. The number of carbonyl (C=O) groups excluding carboxylic acids is 2. The van der Waals surface area contributed by atoms with Crippen molar-refractivity contribution in [2.24, 2.45) is 34.5 Å². The molecule has 0 bridgehead atoms. The normalized spacial score (nSPS) is 46.6. The highest BCUT2D eigenvalue weighted by molar-refractivity contribution is 5.66. The summed E-state index contributed by atoms with van der Waals surface area (Å²) in [6, 6.07) is 0. The Hall–Kier alpha value is -1.14. The Morgan fingerprint density at radius 1 is 0.912 bits per heavy atom. The predicted octanol–water partition coefficient (Wildman–Crippen LogP) is 4.79. The zero-order chi connectivity index (χ0) is 24.9. The molecular formula is C28H46O6. The van der Waals surface area contributed by atoms with E-state index in [1.165, 1.54) is 13.8 Å². The van der Waals surface area contributed by atoms with Crippen LogP contribution in [0.15, 0.2) is 0 Å². The SMILES string of the molecule is CC(=O)OCCC[C@@H](C)[C@H]1CC[C@@]2(O)[C@@H]3CC[C@]4(O)C[C@H](OC(C)=O)CC[C@]4(C)[C@H]3CC[C@]12C. The Balaban J connectivity index is 1.49. The number of ether oxygens (including phenoxy) is 2. The van der Waals surface area contributed by atoms with Crippen molar-refractivity contribution in [3.63, 3.8) is 0 Å². The molecule has 34 heavy (non-hydrogen) atoms. The van der Waals surface area contributed by atoms with Crippen LogP contribution in [0.25, 0.3) is 0 Å². The van der Waals surface area contributed by atoms with Gasteiger partial charge in [-0.2, -0.15) is 0 Å². The van der Waals surface area contributed by atoms with E-state index in [2.05, 4.69) is 20.8 Å². The van der Waals surface area contributed by atoms with Crippen LogP contribution in [0.4, 0.5) is 0 Å². The van der Waals surface area contributed by atoms with Gasteiger partial charge >= 0.3 is 11.9 Å². The van der Waals surface area contributed by atoms with Crippen LogP contribution in [0.3, 0.4) is 0 Å². The first kappa shape index (κ1) is 25.9. The molecular weight excluding hydrogens is 432 g/mol. The molecule has 2 N–H and O–H groups in total. The van der Waals surface area contributed by atoms with Crippen molar-refractivity contribution in [1.82, 2.24) is 0 Å². The average Bonchev–Trinajstić information content (AvgIpc) is 3.02. The molecule has 9 atom stereocenters. The number of esters is 2. The molecule has 0 heterocycles. The zero-order valence-corrected chi connectivity index (χ0v) is 21.9. The Bertz CT molecular complexity index is 798. The highest BCUT2D eigenvalue weighted by Crippen LogP contribution is 2.70. The molecule has 0 aliphatic heterocycles. The van der Waals surface area contributed by atoms with Crippen molar-refractivity contribution in [3.05, 3.63) is 0 Å². The maximum absolute atomic E-state index is 12.4. The van der Waals surface area contributed by atoms with Crippen LogP contribution in [-0.2, 0) is 19.1 Å². The smallest absolute Gasteiger partial charge is 0.302 e. The van der Waals surface area contributed by atoms with Crippen LogP contribution in [0, 0.1) is 34.5 Å². The Kier molecular flexibility index (Phi) is 6.91. The van der Waals surface area contributed by atoms with Crippen molar-refractivity contribution in [2.45, 2.75) is 123 Å². The van der Waals surface area contributed by atoms with E-state index in [9.17, 15) is 19.8 Å². The fourth-order valence-corrected chi connectivity index (χ4v) is 9.29. The van der Waals surface area contributed by atoms with Crippen LogP contribution in [0.5, 0.6) is 0 Å². The molecule has 4 aliphatic rings. The van der Waals surface area contributed by atoms with E-state index in [0.717, 1.165) is 57.8 Å². The van der Waals surface area contributed by atoms with E-state index >= 15 is 0 Å². The van der Waals surface area contributed by atoms with Crippen LogP contribution in [0.1, 0.15) is 105 Å². The second-order valence-electron chi connectivity index (χ2n) is 12.7. The Labute approximate surface area is 205 Å². The lowest BCUT2D eigenvalue weighted by atomic mass is 9.41. The van der Waals surface area contributed by atoms with Crippen molar-refractivity contribution in [2.75, 3.05) is 6.61 Å². The standard InChI is InChI=1S/C28H46O6/c1-18(7-6-16-33-19(2)29)22-11-15-28(32)24-10-14-27(31)17-21(34-20(3)30)8-12-25(27,4)23(24)9-13-26(22,28)5/h18,21-24,31-32H,6-17H2,1-5H3/t18-,21-,22-,23+,24-,25-,26-,27+,28-/m1/s1. The summed E-state index contributed by atoms with van der Waals surface area (Å²) in [4.78, 5) is 22.6. The first-order valence-electron chi connectivity index (χ1n) is 13.6. The van der Waals surface area contributed by atoms with Crippen LogP contribution >= 0.6 is 0 Å². The summed E-state index contributed by atoms with van der Waals surface area (Å²) < 4.78 is 10.6. The third kappa shape index (κ3) is 4.01. The van der Waals surface area contributed by atoms with E-state index in [1.54, 1.807) is 0 Å². The van der Waals surface area contributed by atoms with Crippen molar-refractivity contribution < 1.29 is 29.3 Å². The maximum atomic E-state index is 12.4. The molecule has 4 rings (SSSR count). The summed E-state index contributed by atoms with van der Waals surface area (Å²) in [7, 11) is 0. The van der Waals surface area contributed by atoms with Crippen molar-refractivity contribution in [1.29, 1.82) is 0 Å². The van der Waals surface area contributed by atoms with Gasteiger partial charge in [0.25, 0.3) is 0 Å². The Morgan fingerprint density at radius 3 is 2.26 bits per heavy atom. The maximum Gasteiger partial charge on any atom is 0.302 e. The molecule has 194 valence electrons. The first-order chi connectivity index (χ1) is 15.9. The first-order valence-corrected chi connectivity index (χ1v) is 13.6. The monoisotopic (exact) mass is 478 g/mol. The molecule has 4 saturated carbocycles. The lowest BCUT2D eigenvalue weighted by molar-refractivity contribution is -0.258. The van der Waals surface area contributed by atoms with E-state index in [4.69, 9.17) is 9.47 Å². The molecule has 4 aliphatic carbocycles. The van der Waals surface area contributed by atoms with Gasteiger partial charge in [0.2, 0.25) is 0 Å². The Morgan fingerprint density at radius 2 is 1.59 bits per heavy atom. The van der Waals surface area contributed by atoms with E-state index in [0.29, 0.717) is 37.2 Å². The zero-order valence-electron chi connectivity index (χ0n) is 21.9. The van der Waals surface area contributed by atoms with Crippen molar-refractivity contribution in [3.8, 4) is 0 Å². The minimum Gasteiger partial charge on any atom is -0.466 e. The topological polar surface area (TPSA) is 93.1 Å². The summed E-state index contributed by atoms with van der Waals surface area (Å²) in [6.45, 7) is 10.2. The average molecular weight is 479 g/mol. The molecule has 0 aromatic heterocycles. The second kappa shape index (κ2) is 9.06. The summed E-state index contributed by atoms with van der Waals surface area (Å²) in [5, 5.41) is 24.2. The number of aliphatic hydroxyl groups is 2. The summed E-state index contributed by atoms with van der Waals surface area (Å²) in [5.74, 6) is 0.944. The fraction of sp³-hybridized carbons (Fsp3) is 0.929. The van der Waals surface area contributed by atoms with Gasteiger partial charge in [0.1, 0.15) is 6.10 Å². The molecule has 4 fully saturated rings. The minimum atomic E-state index is -0.835. The van der Waals surface area contributed by atoms with Crippen LogP contribution < -0.4 is 0 Å². The lowest BCUT2D eigenvalue weighted by Crippen LogP contribution is -2.67. The number of hydrogen-bond donors (Lipinski definition) is 2. The number of rotatable bonds is 6. The van der Waals surface area contributed by atoms with Gasteiger partial charge < -0.3 is 19.7 Å². The van der Waals surface area contributed by atoms with Gasteiger partial charge in [-0.25, -0.2) is 0 Å². The van der Waals surface area contributed by atoms with Crippen molar-refractivity contribution >= 4 is 11.9 Å². The van der Waals surface area contributed by atoms with Gasteiger partial charge in [-0.3, -0.25) is 9.59 Å². The van der Waals surface area contributed by atoms with E-state index in [-0.39, 0.29) is 34.8 Å². The molecule has 0 amide bonds. The number of carbonyl (C=O) groups is 2. The molecule has 0 unspecified atom stereocenters. The minimum absolute atomic E-state index is 0.115. The second-order valence-corrected chi connectivity index (χ2v) is 12.7.